The number of imidazole rings is 1. The highest BCUT2D eigenvalue weighted by Crippen LogP contribution is 2.31. The predicted molar refractivity (Wildman–Crippen MR) is 147 cm³/mol. The summed E-state index contributed by atoms with van der Waals surface area (Å²) < 4.78 is 30.6. The topological polar surface area (TPSA) is 123 Å². The van der Waals surface area contributed by atoms with Crippen molar-refractivity contribution in [3.8, 4) is 28.4 Å². The summed E-state index contributed by atoms with van der Waals surface area (Å²) >= 11 is 0. The first-order chi connectivity index (χ1) is 19.5. The van der Waals surface area contributed by atoms with Crippen molar-refractivity contribution in [3.63, 3.8) is 0 Å². The molecule has 2 aromatic heterocycles. The van der Waals surface area contributed by atoms with E-state index in [1.54, 1.807) is 37.6 Å². The lowest BCUT2D eigenvalue weighted by Gasteiger charge is -2.28. The number of hydrogen-bond donors (Lipinski definition) is 3. The molecule has 3 N–H and O–H groups in total. The molecule has 5 rings (SSSR count). The number of methoxy groups -OCH3 is 1. The molecule has 3 heterocycles. The Morgan fingerprint density at radius 2 is 1.98 bits per heavy atom. The number of halogens is 1. The SMILES string of the molecule is C=CCNC(=O)C1COC(Cc2nc(-c3ccc(F)cc3)c(-c3ccnc(Nc4cccc(OC)c4)n3)[nH]2)OC1. The number of aromatic nitrogens is 4. The first-order valence-electron chi connectivity index (χ1n) is 12.7. The molecule has 1 fully saturated rings. The molecule has 0 radical (unpaired) electrons. The predicted octanol–water partition coefficient (Wildman–Crippen LogP) is 4.26. The van der Waals surface area contributed by atoms with Crippen molar-refractivity contribution in [1.29, 1.82) is 0 Å². The average Bonchev–Trinajstić information content (AvgIpc) is 3.40. The maximum atomic E-state index is 13.7. The molecule has 11 heteroatoms. The molecule has 1 aliphatic rings. The van der Waals surface area contributed by atoms with Gasteiger partial charge in [0.1, 0.15) is 17.4 Å². The number of amides is 1. The van der Waals surface area contributed by atoms with Crippen LogP contribution in [0.5, 0.6) is 5.75 Å². The summed E-state index contributed by atoms with van der Waals surface area (Å²) in [4.78, 5) is 29.4. The molecule has 1 saturated heterocycles. The number of benzene rings is 2. The smallest absolute Gasteiger partial charge is 0.228 e. The second kappa shape index (κ2) is 12.5. The molecule has 206 valence electrons. The number of ether oxygens (including phenoxy) is 3. The molecule has 0 unspecified atom stereocenters. The molecule has 0 bridgehead atoms. The largest absolute Gasteiger partial charge is 0.497 e. The number of rotatable bonds is 10. The van der Waals surface area contributed by atoms with E-state index in [4.69, 9.17) is 19.2 Å². The fourth-order valence-corrected chi connectivity index (χ4v) is 4.20. The average molecular weight is 545 g/mol. The minimum absolute atomic E-state index is 0.139. The van der Waals surface area contributed by atoms with Gasteiger partial charge in [-0.2, -0.15) is 0 Å². The van der Waals surface area contributed by atoms with Crippen LogP contribution in [0.25, 0.3) is 22.6 Å². The van der Waals surface area contributed by atoms with Crippen molar-refractivity contribution in [2.75, 3.05) is 32.2 Å². The van der Waals surface area contributed by atoms with Gasteiger partial charge in [0.15, 0.2) is 6.29 Å². The monoisotopic (exact) mass is 544 g/mol. The summed E-state index contributed by atoms with van der Waals surface area (Å²) in [5.41, 5.74) is 3.30. The van der Waals surface area contributed by atoms with Gasteiger partial charge in [0.25, 0.3) is 0 Å². The van der Waals surface area contributed by atoms with Gasteiger partial charge in [-0.05, 0) is 42.5 Å². The third kappa shape index (κ3) is 6.50. The number of aromatic amines is 1. The van der Waals surface area contributed by atoms with Gasteiger partial charge in [-0.3, -0.25) is 4.79 Å². The first-order valence-corrected chi connectivity index (χ1v) is 12.7. The standard InChI is InChI=1S/C29H29FN6O4/c1-3-12-31-28(37)19-16-39-25(40-17-19)15-24-35-26(18-7-9-20(30)10-8-18)27(36-24)23-11-13-32-29(34-23)33-21-5-4-6-22(14-21)38-2/h3-11,13-14,19,25H,1,12,15-17H2,2H3,(H,31,37)(H,35,36)(H,32,33,34). The third-order valence-corrected chi connectivity index (χ3v) is 6.23. The number of carbonyl (C=O) groups is 1. The van der Waals surface area contributed by atoms with E-state index in [-0.39, 0.29) is 24.9 Å². The summed E-state index contributed by atoms with van der Waals surface area (Å²) in [6, 6.07) is 15.3. The Hall–Kier alpha value is -4.61. The van der Waals surface area contributed by atoms with Crippen LogP contribution < -0.4 is 15.4 Å². The van der Waals surface area contributed by atoms with Crippen LogP contribution in [0.1, 0.15) is 5.82 Å². The second-order valence-corrected chi connectivity index (χ2v) is 9.07. The first kappa shape index (κ1) is 27.0. The number of hydrogen-bond acceptors (Lipinski definition) is 8. The number of nitrogens with zero attached hydrogens (tertiary/aromatic N) is 3. The fourth-order valence-electron chi connectivity index (χ4n) is 4.20. The molecular formula is C29H29FN6O4. The quantitative estimate of drug-likeness (QED) is 0.253. The van der Waals surface area contributed by atoms with Crippen LogP contribution in [-0.2, 0) is 20.7 Å². The highest BCUT2D eigenvalue weighted by Gasteiger charge is 2.28. The molecule has 10 nitrogen and oxygen atoms in total. The maximum Gasteiger partial charge on any atom is 0.228 e. The second-order valence-electron chi connectivity index (χ2n) is 9.07. The number of nitrogens with one attached hydrogen (secondary N) is 3. The van der Waals surface area contributed by atoms with Crippen molar-refractivity contribution in [2.24, 2.45) is 5.92 Å². The van der Waals surface area contributed by atoms with Crippen LogP contribution in [0.4, 0.5) is 16.0 Å². The van der Waals surface area contributed by atoms with Gasteiger partial charge in [0.2, 0.25) is 11.9 Å². The van der Waals surface area contributed by atoms with Crippen molar-refractivity contribution in [2.45, 2.75) is 12.7 Å². The fraction of sp³-hybridized carbons (Fsp3) is 0.241. The van der Waals surface area contributed by atoms with Gasteiger partial charge in [0, 0.05) is 30.1 Å². The molecule has 0 saturated carbocycles. The van der Waals surface area contributed by atoms with Crippen molar-refractivity contribution >= 4 is 17.5 Å². The van der Waals surface area contributed by atoms with Gasteiger partial charge < -0.3 is 29.8 Å². The van der Waals surface area contributed by atoms with Crippen LogP contribution in [0.15, 0.2) is 73.4 Å². The van der Waals surface area contributed by atoms with E-state index in [1.807, 2.05) is 24.3 Å². The Morgan fingerprint density at radius 1 is 1.18 bits per heavy atom. The zero-order valence-corrected chi connectivity index (χ0v) is 21.9. The van der Waals surface area contributed by atoms with E-state index in [1.165, 1.54) is 12.1 Å². The Kier molecular flexibility index (Phi) is 8.43. The van der Waals surface area contributed by atoms with E-state index in [2.05, 4.69) is 32.2 Å². The molecule has 40 heavy (non-hydrogen) atoms. The van der Waals surface area contributed by atoms with Crippen LogP contribution >= 0.6 is 0 Å². The molecule has 1 amide bonds. The van der Waals surface area contributed by atoms with Crippen LogP contribution in [0, 0.1) is 11.7 Å². The van der Waals surface area contributed by atoms with Gasteiger partial charge in [-0.15, -0.1) is 6.58 Å². The third-order valence-electron chi connectivity index (χ3n) is 6.23. The molecule has 0 atom stereocenters. The van der Waals surface area contributed by atoms with Crippen molar-refractivity contribution in [1.82, 2.24) is 25.3 Å². The molecule has 0 spiro atoms. The number of carbonyl (C=O) groups excluding carboxylic acids is 1. The van der Waals surface area contributed by atoms with Crippen LogP contribution in [0.2, 0.25) is 0 Å². The summed E-state index contributed by atoms with van der Waals surface area (Å²) in [6.07, 6.45) is 2.99. The van der Waals surface area contributed by atoms with E-state index in [0.29, 0.717) is 53.1 Å². The summed E-state index contributed by atoms with van der Waals surface area (Å²) in [6.45, 7) is 4.46. The molecule has 2 aromatic carbocycles. The Labute approximate surface area is 230 Å². The lowest BCUT2D eigenvalue weighted by Crippen LogP contribution is -2.42. The summed E-state index contributed by atoms with van der Waals surface area (Å²) in [5, 5.41) is 5.95. The highest BCUT2D eigenvalue weighted by molar-refractivity contribution is 5.79. The van der Waals surface area contributed by atoms with Crippen LogP contribution in [-0.4, -0.2) is 59.0 Å². The van der Waals surface area contributed by atoms with E-state index < -0.39 is 12.2 Å². The molecule has 4 aromatic rings. The Bertz CT molecular complexity index is 1470. The molecular weight excluding hydrogens is 515 g/mol. The van der Waals surface area contributed by atoms with E-state index >= 15 is 0 Å². The normalized spacial score (nSPS) is 16.8. The van der Waals surface area contributed by atoms with Crippen LogP contribution in [0.3, 0.4) is 0 Å². The van der Waals surface area contributed by atoms with Gasteiger partial charge in [-0.1, -0.05) is 12.1 Å². The zero-order chi connectivity index (χ0) is 27.9. The lowest BCUT2D eigenvalue weighted by atomic mass is 10.1. The van der Waals surface area contributed by atoms with E-state index in [9.17, 15) is 9.18 Å². The molecule has 0 aliphatic carbocycles. The van der Waals surface area contributed by atoms with Gasteiger partial charge >= 0.3 is 0 Å². The maximum absolute atomic E-state index is 13.7. The van der Waals surface area contributed by atoms with Gasteiger partial charge in [0.05, 0.1) is 49.7 Å². The Morgan fingerprint density at radius 3 is 2.73 bits per heavy atom. The number of H-pyrrole nitrogens is 1. The van der Waals surface area contributed by atoms with Crippen molar-refractivity contribution in [3.05, 3.63) is 85.1 Å². The lowest BCUT2D eigenvalue weighted by molar-refractivity contribution is -0.200. The van der Waals surface area contributed by atoms with Gasteiger partial charge in [-0.25, -0.2) is 19.3 Å². The minimum atomic E-state index is -0.584. The Balaban J connectivity index is 1.37. The van der Waals surface area contributed by atoms with E-state index in [0.717, 1.165) is 5.69 Å². The zero-order valence-electron chi connectivity index (χ0n) is 21.9. The highest BCUT2D eigenvalue weighted by atomic mass is 19.1. The summed E-state index contributed by atoms with van der Waals surface area (Å²) in [5.74, 6) is 0.799. The molecule has 1 aliphatic heterocycles. The van der Waals surface area contributed by atoms with Crippen molar-refractivity contribution < 1.29 is 23.4 Å². The minimum Gasteiger partial charge on any atom is -0.497 e. The number of anilines is 2. The summed E-state index contributed by atoms with van der Waals surface area (Å²) in [7, 11) is 1.60.